The Hall–Kier alpha value is -4.17. The average molecular weight is 648 g/mol. The zero-order valence-electron chi connectivity index (χ0n) is 25.6. The predicted octanol–water partition coefficient (Wildman–Crippen LogP) is 3.00. The highest BCUT2D eigenvalue weighted by Crippen LogP contribution is 2.42. The molecule has 45 heavy (non-hydrogen) atoms. The Morgan fingerprint density at radius 1 is 0.956 bits per heavy atom. The Morgan fingerprint density at radius 2 is 1.60 bits per heavy atom. The molecule has 1 aromatic heterocycles. The molecule has 3 N–H and O–H groups in total. The van der Waals surface area contributed by atoms with Gasteiger partial charge in [-0.15, -0.1) is 0 Å². The highest BCUT2D eigenvalue weighted by Gasteiger charge is 2.39. The molecule has 14 heteroatoms. The lowest BCUT2D eigenvalue weighted by Crippen LogP contribution is -2.43. The van der Waals surface area contributed by atoms with E-state index < -0.39 is 29.8 Å². The van der Waals surface area contributed by atoms with E-state index in [-0.39, 0.29) is 31.0 Å². The Balaban J connectivity index is 0.000000838. The molecule has 1 aromatic carbocycles. The molecule has 0 spiro atoms. The van der Waals surface area contributed by atoms with Gasteiger partial charge in [-0.1, -0.05) is 29.8 Å². The van der Waals surface area contributed by atoms with E-state index in [1.807, 2.05) is 18.2 Å². The predicted molar refractivity (Wildman–Crippen MR) is 162 cm³/mol. The Morgan fingerprint density at radius 3 is 2.20 bits per heavy atom. The minimum atomic E-state index is -1.82. The Labute approximate surface area is 266 Å². The normalized spacial score (nSPS) is 17.2. The molecule has 1 atom stereocenters. The minimum Gasteiger partial charge on any atom is -0.473 e. The molecular formula is C31H38ClN3O10. The number of allylic oxidation sites excluding steroid dienone is 1. The van der Waals surface area contributed by atoms with Crippen molar-refractivity contribution in [1.29, 1.82) is 0 Å². The summed E-state index contributed by atoms with van der Waals surface area (Å²) >= 11 is 6.56. The zero-order valence-corrected chi connectivity index (χ0v) is 26.4. The van der Waals surface area contributed by atoms with Crippen molar-refractivity contribution in [2.24, 2.45) is 0 Å². The number of hydrogen-bond acceptors (Lipinski definition) is 11. The van der Waals surface area contributed by atoms with Gasteiger partial charge in [-0.3, -0.25) is 4.90 Å². The molecule has 0 aliphatic carbocycles. The maximum atomic E-state index is 13.3. The molecule has 0 radical (unpaired) electrons. The molecule has 2 aliphatic rings. The smallest absolute Gasteiger partial charge is 0.414 e. The van der Waals surface area contributed by atoms with E-state index in [4.69, 9.17) is 50.0 Å². The summed E-state index contributed by atoms with van der Waals surface area (Å²) in [6, 6.07) is 11.0. The van der Waals surface area contributed by atoms with Crippen LogP contribution in [0.1, 0.15) is 36.8 Å². The van der Waals surface area contributed by atoms with E-state index in [1.165, 1.54) is 7.11 Å². The molecule has 0 bridgehead atoms. The number of benzene rings is 1. The Bertz CT molecular complexity index is 1430. The van der Waals surface area contributed by atoms with Crippen LogP contribution in [0.2, 0.25) is 5.02 Å². The number of carbonyl (C=O) groups excluding carboxylic acids is 2. The van der Waals surface area contributed by atoms with E-state index in [2.05, 4.69) is 22.2 Å². The second-order valence-corrected chi connectivity index (χ2v) is 10.7. The van der Waals surface area contributed by atoms with Gasteiger partial charge in [0.25, 0.3) is 0 Å². The molecule has 2 aliphatic heterocycles. The van der Waals surface area contributed by atoms with Crippen LogP contribution in [-0.4, -0.2) is 97.4 Å². The summed E-state index contributed by atoms with van der Waals surface area (Å²) in [6.45, 7) is 8.80. The third-order valence-electron chi connectivity index (χ3n) is 7.13. The van der Waals surface area contributed by atoms with Crippen LogP contribution in [0.4, 0.5) is 0 Å². The van der Waals surface area contributed by atoms with Crippen molar-refractivity contribution in [3.8, 4) is 0 Å². The molecule has 0 saturated carbocycles. The number of carboxylic acids is 2. The molecule has 1 unspecified atom stereocenters. The monoisotopic (exact) mass is 647 g/mol. The number of rotatable bonds is 10. The Kier molecular flexibility index (Phi) is 13.2. The lowest BCUT2D eigenvalue weighted by molar-refractivity contribution is -0.159. The number of dihydropyridines is 1. The third-order valence-corrected chi connectivity index (χ3v) is 7.47. The van der Waals surface area contributed by atoms with Gasteiger partial charge in [0.05, 0.1) is 49.6 Å². The van der Waals surface area contributed by atoms with Crippen molar-refractivity contribution >= 4 is 35.5 Å². The van der Waals surface area contributed by atoms with Crippen LogP contribution >= 0.6 is 11.6 Å². The van der Waals surface area contributed by atoms with E-state index in [9.17, 15) is 9.59 Å². The number of ether oxygens (including phenoxy) is 3. The molecular weight excluding hydrogens is 610 g/mol. The standard InChI is InChI=1S/C29H36ClN3O6.C2H2O4/c1-5-38-29(35)27-24(18-37-17-21-11-10-20(39-21)16-33-14-12-32(3)13-15-33)31-19(2)25(28(34)36-4)26(27)22-8-6-7-9-23(22)30;3-1(4)2(5)6/h6-11,26,31H,5,12-18H2,1-4H3;(H,3,4)(H,5,6). The van der Waals surface area contributed by atoms with Gasteiger partial charge in [0.1, 0.15) is 18.1 Å². The van der Waals surface area contributed by atoms with Crippen LogP contribution in [0.15, 0.2) is 63.4 Å². The SMILES string of the molecule is CCOC(=O)C1=C(COCc2ccc(CN3CCN(C)CC3)o2)NC(C)=C(C(=O)OC)C1c1ccccc1Cl.O=C(O)C(=O)O. The zero-order chi connectivity index (χ0) is 33.1. The van der Waals surface area contributed by atoms with Crippen LogP contribution in [0.5, 0.6) is 0 Å². The highest BCUT2D eigenvalue weighted by molar-refractivity contribution is 6.31. The van der Waals surface area contributed by atoms with E-state index in [0.717, 1.165) is 38.5 Å². The molecule has 1 fully saturated rings. The summed E-state index contributed by atoms with van der Waals surface area (Å²) in [5, 5.41) is 18.4. The number of nitrogens with zero attached hydrogens (tertiary/aromatic N) is 2. The van der Waals surface area contributed by atoms with Crippen molar-refractivity contribution in [1.82, 2.24) is 15.1 Å². The number of carbonyl (C=O) groups is 4. The van der Waals surface area contributed by atoms with Gasteiger partial charge in [-0.2, -0.15) is 0 Å². The first-order valence-corrected chi connectivity index (χ1v) is 14.6. The first-order chi connectivity index (χ1) is 21.5. The van der Waals surface area contributed by atoms with Crippen LogP contribution in [0.3, 0.4) is 0 Å². The highest BCUT2D eigenvalue weighted by atomic mass is 35.5. The maximum absolute atomic E-state index is 13.3. The van der Waals surface area contributed by atoms with Crippen LogP contribution in [0, 0.1) is 0 Å². The number of hydrogen-bond donors (Lipinski definition) is 3. The van der Waals surface area contributed by atoms with Crippen molar-refractivity contribution in [2.45, 2.75) is 32.9 Å². The average Bonchev–Trinajstić information content (AvgIpc) is 3.45. The van der Waals surface area contributed by atoms with Crippen molar-refractivity contribution in [3.63, 3.8) is 0 Å². The fourth-order valence-corrected chi connectivity index (χ4v) is 5.17. The summed E-state index contributed by atoms with van der Waals surface area (Å²) in [7, 11) is 3.44. The molecule has 2 aromatic rings. The number of aliphatic carboxylic acids is 2. The van der Waals surface area contributed by atoms with Gasteiger partial charge in [0, 0.05) is 36.9 Å². The largest absolute Gasteiger partial charge is 0.473 e. The fraction of sp³-hybridized carbons (Fsp3) is 0.419. The number of piperazine rings is 1. The van der Waals surface area contributed by atoms with Crippen molar-refractivity contribution in [2.75, 3.05) is 53.6 Å². The minimum absolute atomic E-state index is 0.0649. The van der Waals surface area contributed by atoms with Crippen molar-refractivity contribution < 1.29 is 48.0 Å². The molecule has 1 saturated heterocycles. The summed E-state index contributed by atoms with van der Waals surface area (Å²) in [5.74, 6) is -3.97. The van der Waals surface area contributed by atoms with E-state index in [1.54, 1.807) is 32.0 Å². The lowest BCUT2D eigenvalue weighted by Gasteiger charge is -2.31. The van der Waals surface area contributed by atoms with Gasteiger partial charge in [-0.05, 0) is 44.7 Å². The first kappa shape index (κ1) is 35.3. The first-order valence-electron chi connectivity index (χ1n) is 14.2. The van der Waals surface area contributed by atoms with Gasteiger partial charge >= 0.3 is 23.9 Å². The molecule has 13 nitrogen and oxygen atoms in total. The van der Waals surface area contributed by atoms with Gasteiger partial charge in [-0.25, -0.2) is 19.2 Å². The number of methoxy groups -OCH3 is 1. The molecule has 244 valence electrons. The van der Waals surface area contributed by atoms with Crippen LogP contribution in [0.25, 0.3) is 0 Å². The topological polar surface area (TPSA) is 168 Å². The summed E-state index contributed by atoms with van der Waals surface area (Å²) in [5.41, 5.74) is 2.18. The van der Waals surface area contributed by atoms with Gasteiger partial charge < -0.3 is 39.1 Å². The number of nitrogens with one attached hydrogen (secondary N) is 1. The second-order valence-electron chi connectivity index (χ2n) is 10.3. The fourth-order valence-electron chi connectivity index (χ4n) is 4.93. The van der Waals surface area contributed by atoms with Crippen LogP contribution < -0.4 is 5.32 Å². The third kappa shape index (κ3) is 9.66. The molecule has 0 amide bonds. The number of furan rings is 1. The van der Waals surface area contributed by atoms with Gasteiger partial charge in [0.2, 0.25) is 0 Å². The number of esters is 2. The van der Waals surface area contributed by atoms with E-state index in [0.29, 0.717) is 27.7 Å². The van der Waals surface area contributed by atoms with Crippen molar-refractivity contribution in [3.05, 3.63) is 81.0 Å². The van der Waals surface area contributed by atoms with Crippen LogP contribution in [-0.2, 0) is 46.5 Å². The van der Waals surface area contributed by atoms with Gasteiger partial charge in [0.15, 0.2) is 0 Å². The number of carboxylic acid groups (broad SMARTS) is 2. The van der Waals surface area contributed by atoms with E-state index >= 15 is 0 Å². The molecule has 4 rings (SSSR count). The molecule has 3 heterocycles. The number of halogens is 1. The lowest BCUT2D eigenvalue weighted by atomic mass is 9.80. The summed E-state index contributed by atoms with van der Waals surface area (Å²) in [4.78, 5) is 49.1. The summed E-state index contributed by atoms with van der Waals surface area (Å²) in [6.07, 6.45) is 0. The number of likely N-dealkylation sites (N-methyl/N-ethyl adjacent to an activating group) is 1. The second kappa shape index (κ2) is 16.8. The quantitative estimate of drug-likeness (QED) is 0.254. The summed E-state index contributed by atoms with van der Waals surface area (Å²) < 4.78 is 22.5. The maximum Gasteiger partial charge on any atom is 0.414 e.